The SMILES string of the molecule is N#Cc1ccccc1OCC(=O)Nc1ccccc1C(=O)NCCC[NH+]1CCOCC1. The van der Waals surface area contributed by atoms with E-state index in [-0.39, 0.29) is 12.5 Å². The van der Waals surface area contributed by atoms with Crippen molar-refractivity contribution in [3.8, 4) is 11.8 Å². The van der Waals surface area contributed by atoms with Crippen LogP contribution in [0.1, 0.15) is 22.3 Å². The lowest BCUT2D eigenvalue weighted by atomic mass is 10.1. The van der Waals surface area contributed by atoms with E-state index in [4.69, 9.17) is 14.7 Å². The Balaban J connectivity index is 1.49. The number of nitriles is 1. The molecule has 0 aromatic heterocycles. The molecule has 2 aromatic carbocycles. The molecule has 0 spiro atoms. The molecule has 8 nitrogen and oxygen atoms in total. The lowest BCUT2D eigenvalue weighted by molar-refractivity contribution is -0.908. The van der Waals surface area contributed by atoms with Crippen LogP contribution in [-0.4, -0.2) is 57.8 Å². The number of para-hydroxylation sites is 2. The molecule has 0 saturated carbocycles. The number of ether oxygens (including phenoxy) is 2. The topological polar surface area (TPSA) is 105 Å². The van der Waals surface area contributed by atoms with E-state index in [1.807, 2.05) is 6.07 Å². The van der Waals surface area contributed by atoms with Gasteiger partial charge >= 0.3 is 0 Å². The van der Waals surface area contributed by atoms with Gasteiger partial charge in [-0.2, -0.15) is 5.26 Å². The van der Waals surface area contributed by atoms with Crippen molar-refractivity contribution in [1.82, 2.24) is 5.32 Å². The van der Waals surface area contributed by atoms with Crippen LogP contribution in [0.3, 0.4) is 0 Å². The van der Waals surface area contributed by atoms with E-state index in [2.05, 4.69) is 10.6 Å². The van der Waals surface area contributed by atoms with Gasteiger partial charge in [0.05, 0.1) is 36.6 Å². The summed E-state index contributed by atoms with van der Waals surface area (Å²) in [5, 5.41) is 14.7. The molecule has 0 radical (unpaired) electrons. The minimum atomic E-state index is -0.413. The van der Waals surface area contributed by atoms with Crippen molar-refractivity contribution in [2.45, 2.75) is 6.42 Å². The van der Waals surface area contributed by atoms with Crippen molar-refractivity contribution in [2.75, 3.05) is 51.3 Å². The van der Waals surface area contributed by atoms with E-state index >= 15 is 0 Å². The molecule has 2 amide bonds. The summed E-state index contributed by atoms with van der Waals surface area (Å²) >= 11 is 0. The lowest BCUT2D eigenvalue weighted by Gasteiger charge is -2.23. The fourth-order valence-corrected chi connectivity index (χ4v) is 3.35. The minimum Gasteiger partial charge on any atom is -0.482 e. The number of rotatable bonds is 9. The molecule has 1 aliphatic rings. The smallest absolute Gasteiger partial charge is 0.262 e. The monoisotopic (exact) mass is 423 g/mol. The highest BCUT2D eigenvalue weighted by molar-refractivity contribution is 6.04. The summed E-state index contributed by atoms with van der Waals surface area (Å²) in [6, 6.07) is 15.6. The average Bonchev–Trinajstić information content (AvgIpc) is 2.81. The Morgan fingerprint density at radius 2 is 1.84 bits per heavy atom. The number of nitrogens with zero attached hydrogens (tertiary/aromatic N) is 1. The Morgan fingerprint density at radius 1 is 1.10 bits per heavy atom. The number of quaternary nitrogens is 1. The number of anilines is 1. The summed E-state index contributed by atoms with van der Waals surface area (Å²) in [6.07, 6.45) is 0.877. The largest absolute Gasteiger partial charge is 0.482 e. The summed E-state index contributed by atoms with van der Waals surface area (Å²) in [6.45, 7) is 4.88. The molecule has 3 N–H and O–H groups in total. The highest BCUT2D eigenvalue weighted by Gasteiger charge is 2.15. The van der Waals surface area contributed by atoms with Crippen molar-refractivity contribution in [3.05, 3.63) is 59.7 Å². The van der Waals surface area contributed by atoms with Crippen LogP contribution in [0.15, 0.2) is 48.5 Å². The van der Waals surface area contributed by atoms with Gasteiger partial charge in [0.25, 0.3) is 11.8 Å². The van der Waals surface area contributed by atoms with Gasteiger partial charge in [-0.05, 0) is 24.3 Å². The van der Waals surface area contributed by atoms with Crippen LogP contribution in [0.2, 0.25) is 0 Å². The van der Waals surface area contributed by atoms with Gasteiger partial charge in [0.1, 0.15) is 24.9 Å². The molecule has 0 bridgehead atoms. The van der Waals surface area contributed by atoms with Crippen molar-refractivity contribution in [3.63, 3.8) is 0 Å². The highest BCUT2D eigenvalue weighted by Crippen LogP contribution is 2.17. The van der Waals surface area contributed by atoms with E-state index in [1.54, 1.807) is 48.5 Å². The van der Waals surface area contributed by atoms with Crippen LogP contribution < -0.4 is 20.3 Å². The van der Waals surface area contributed by atoms with Gasteiger partial charge in [0, 0.05) is 13.0 Å². The molecule has 3 rings (SSSR count). The summed E-state index contributed by atoms with van der Waals surface area (Å²) in [5.74, 6) is -0.305. The first kappa shape index (κ1) is 22.3. The average molecular weight is 423 g/mol. The van der Waals surface area contributed by atoms with Gasteiger partial charge in [-0.3, -0.25) is 9.59 Å². The molecular weight excluding hydrogens is 396 g/mol. The standard InChI is InChI=1S/C23H26N4O4/c24-16-18-6-1-4-9-21(18)31-17-22(28)26-20-8-3-2-7-19(20)23(29)25-10-5-11-27-12-14-30-15-13-27/h1-4,6-9H,5,10-15,17H2,(H,25,29)(H,26,28)/p+1. The van der Waals surface area contributed by atoms with Gasteiger partial charge in [-0.1, -0.05) is 24.3 Å². The first-order valence-corrected chi connectivity index (χ1v) is 10.4. The molecule has 2 aromatic rings. The van der Waals surface area contributed by atoms with E-state index in [9.17, 15) is 9.59 Å². The third-order valence-electron chi connectivity index (χ3n) is 5.00. The maximum absolute atomic E-state index is 12.6. The Bertz CT molecular complexity index is 935. The highest BCUT2D eigenvalue weighted by atomic mass is 16.5. The Kier molecular flexibility index (Phi) is 8.40. The lowest BCUT2D eigenvalue weighted by Crippen LogP contribution is -3.14. The Hall–Kier alpha value is -3.41. The number of morpholine rings is 1. The van der Waals surface area contributed by atoms with E-state index in [0.29, 0.717) is 29.1 Å². The maximum atomic E-state index is 12.6. The third kappa shape index (κ3) is 6.81. The van der Waals surface area contributed by atoms with Crippen molar-refractivity contribution < 1.29 is 24.0 Å². The number of carbonyl (C=O) groups excluding carboxylic acids is 2. The fraction of sp³-hybridized carbons (Fsp3) is 0.348. The number of carbonyl (C=O) groups is 2. The van der Waals surface area contributed by atoms with E-state index < -0.39 is 5.91 Å². The van der Waals surface area contributed by atoms with Crippen molar-refractivity contribution in [1.29, 1.82) is 5.26 Å². The summed E-state index contributed by atoms with van der Waals surface area (Å²) in [7, 11) is 0. The molecule has 162 valence electrons. The second-order valence-electron chi connectivity index (χ2n) is 7.21. The first-order chi connectivity index (χ1) is 15.2. The number of hydrogen-bond donors (Lipinski definition) is 3. The molecule has 0 atom stereocenters. The van der Waals surface area contributed by atoms with Gasteiger partial charge in [-0.15, -0.1) is 0 Å². The van der Waals surface area contributed by atoms with Crippen LogP contribution in [0.25, 0.3) is 0 Å². The van der Waals surface area contributed by atoms with Gasteiger partial charge in [0.15, 0.2) is 6.61 Å². The number of amides is 2. The normalized spacial score (nSPS) is 13.8. The molecule has 0 unspecified atom stereocenters. The van der Waals surface area contributed by atoms with Gasteiger partial charge in [0.2, 0.25) is 0 Å². The van der Waals surface area contributed by atoms with Crippen molar-refractivity contribution in [2.24, 2.45) is 0 Å². The summed E-state index contributed by atoms with van der Waals surface area (Å²) < 4.78 is 10.8. The Morgan fingerprint density at radius 3 is 2.65 bits per heavy atom. The third-order valence-corrected chi connectivity index (χ3v) is 5.00. The molecular formula is C23H27N4O4+. The molecule has 8 heteroatoms. The quantitative estimate of drug-likeness (QED) is 0.513. The molecule has 0 aliphatic carbocycles. The van der Waals surface area contributed by atoms with E-state index in [1.165, 1.54) is 4.90 Å². The second-order valence-corrected chi connectivity index (χ2v) is 7.21. The zero-order valence-electron chi connectivity index (χ0n) is 17.4. The summed E-state index contributed by atoms with van der Waals surface area (Å²) in [4.78, 5) is 26.4. The maximum Gasteiger partial charge on any atom is 0.262 e. The van der Waals surface area contributed by atoms with Crippen LogP contribution in [-0.2, 0) is 9.53 Å². The fourth-order valence-electron chi connectivity index (χ4n) is 3.35. The predicted octanol–water partition coefficient (Wildman–Crippen LogP) is 0.611. The van der Waals surface area contributed by atoms with Crippen LogP contribution in [0, 0.1) is 11.3 Å². The zero-order chi connectivity index (χ0) is 21.9. The molecule has 1 fully saturated rings. The molecule has 1 saturated heterocycles. The number of benzene rings is 2. The zero-order valence-corrected chi connectivity index (χ0v) is 17.4. The molecule has 1 heterocycles. The predicted molar refractivity (Wildman–Crippen MR) is 115 cm³/mol. The van der Waals surface area contributed by atoms with Gasteiger partial charge < -0.3 is 25.0 Å². The van der Waals surface area contributed by atoms with Crippen molar-refractivity contribution >= 4 is 17.5 Å². The minimum absolute atomic E-state index is 0.233. The summed E-state index contributed by atoms with van der Waals surface area (Å²) in [5.41, 5.74) is 1.17. The first-order valence-electron chi connectivity index (χ1n) is 10.4. The number of hydrogen-bond acceptors (Lipinski definition) is 5. The second kappa shape index (κ2) is 11.7. The van der Waals surface area contributed by atoms with Crippen LogP contribution in [0.5, 0.6) is 5.75 Å². The Labute approximate surface area is 181 Å². The van der Waals surface area contributed by atoms with Crippen LogP contribution >= 0.6 is 0 Å². The number of nitrogens with one attached hydrogen (secondary N) is 3. The molecule has 1 aliphatic heterocycles. The van der Waals surface area contributed by atoms with Crippen LogP contribution in [0.4, 0.5) is 5.69 Å². The van der Waals surface area contributed by atoms with Gasteiger partial charge in [-0.25, -0.2) is 0 Å². The molecule has 31 heavy (non-hydrogen) atoms. The van der Waals surface area contributed by atoms with E-state index in [0.717, 1.165) is 39.3 Å².